The maximum absolute atomic E-state index is 12.8. The average Bonchev–Trinajstić information content (AvgIpc) is 2.88. The Morgan fingerprint density at radius 1 is 1.37 bits per heavy atom. The molecule has 1 N–H and O–H groups in total. The monoisotopic (exact) mass is 286 g/mol. The molecule has 0 bridgehead atoms. The Morgan fingerprint density at radius 3 is 2.58 bits per heavy atom. The molecule has 7 heteroatoms. The number of rotatable bonds is 3. The second kappa shape index (κ2) is 5.26. The maximum Gasteiger partial charge on any atom is 0.243 e. The Labute approximate surface area is 111 Å². The molecule has 0 spiro atoms. The van der Waals surface area contributed by atoms with E-state index in [1.165, 1.54) is 23.5 Å². The highest BCUT2D eigenvalue weighted by Gasteiger charge is 2.38. The molecular formula is C12H15FN2O3S. The van der Waals surface area contributed by atoms with Crippen LogP contribution < -0.4 is 5.32 Å². The van der Waals surface area contributed by atoms with E-state index in [1.54, 1.807) is 0 Å². The molecule has 0 aromatic heterocycles. The zero-order valence-corrected chi connectivity index (χ0v) is 11.3. The lowest BCUT2D eigenvalue weighted by Crippen LogP contribution is -2.44. The minimum Gasteiger partial charge on any atom is -0.358 e. The van der Waals surface area contributed by atoms with Crippen LogP contribution in [-0.4, -0.2) is 38.3 Å². The smallest absolute Gasteiger partial charge is 0.243 e. The fourth-order valence-corrected chi connectivity index (χ4v) is 3.85. The quantitative estimate of drug-likeness (QED) is 0.890. The summed E-state index contributed by atoms with van der Waals surface area (Å²) in [7, 11) is -2.28. The first-order valence-corrected chi connectivity index (χ1v) is 7.40. The molecular weight excluding hydrogens is 271 g/mol. The highest BCUT2D eigenvalue weighted by atomic mass is 32.2. The first-order chi connectivity index (χ1) is 8.96. The van der Waals surface area contributed by atoms with Gasteiger partial charge in [0.1, 0.15) is 11.9 Å². The van der Waals surface area contributed by atoms with Crippen LogP contribution >= 0.6 is 0 Å². The molecule has 0 radical (unpaired) electrons. The van der Waals surface area contributed by atoms with Crippen LogP contribution in [0.15, 0.2) is 29.2 Å². The van der Waals surface area contributed by atoms with Gasteiger partial charge in [-0.05, 0) is 37.1 Å². The van der Waals surface area contributed by atoms with Crippen molar-refractivity contribution in [1.82, 2.24) is 9.62 Å². The molecule has 2 rings (SSSR count). The number of hydrogen-bond acceptors (Lipinski definition) is 3. The maximum atomic E-state index is 12.8. The van der Waals surface area contributed by atoms with E-state index >= 15 is 0 Å². The third-order valence-corrected chi connectivity index (χ3v) is 5.10. The van der Waals surface area contributed by atoms with Gasteiger partial charge in [0.25, 0.3) is 0 Å². The van der Waals surface area contributed by atoms with Crippen LogP contribution in [0.1, 0.15) is 12.8 Å². The minimum atomic E-state index is -3.75. The highest BCUT2D eigenvalue weighted by Crippen LogP contribution is 2.26. The summed E-state index contributed by atoms with van der Waals surface area (Å²) >= 11 is 0. The van der Waals surface area contributed by atoms with Crippen LogP contribution in [0.2, 0.25) is 0 Å². The molecule has 1 atom stereocenters. The van der Waals surface area contributed by atoms with Crippen LogP contribution in [0.4, 0.5) is 4.39 Å². The molecule has 1 aliphatic heterocycles. The van der Waals surface area contributed by atoms with E-state index in [-0.39, 0.29) is 10.8 Å². The Kier molecular flexibility index (Phi) is 3.86. The third-order valence-electron chi connectivity index (χ3n) is 3.17. The third kappa shape index (κ3) is 2.62. The topological polar surface area (TPSA) is 66.5 Å². The molecule has 1 heterocycles. The van der Waals surface area contributed by atoms with E-state index in [0.29, 0.717) is 19.4 Å². The molecule has 1 amide bonds. The Morgan fingerprint density at radius 2 is 2.00 bits per heavy atom. The van der Waals surface area contributed by atoms with Crippen LogP contribution in [0.3, 0.4) is 0 Å². The second-order valence-electron chi connectivity index (χ2n) is 4.34. The zero-order valence-electron chi connectivity index (χ0n) is 10.5. The van der Waals surface area contributed by atoms with Crippen LogP contribution in [-0.2, 0) is 14.8 Å². The predicted molar refractivity (Wildman–Crippen MR) is 67.4 cm³/mol. The molecule has 1 saturated heterocycles. The second-order valence-corrected chi connectivity index (χ2v) is 6.23. The fourth-order valence-electron chi connectivity index (χ4n) is 2.20. The van der Waals surface area contributed by atoms with E-state index < -0.39 is 21.9 Å². The van der Waals surface area contributed by atoms with E-state index in [1.807, 2.05) is 0 Å². The van der Waals surface area contributed by atoms with Gasteiger partial charge in [-0.15, -0.1) is 0 Å². The lowest BCUT2D eigenvalue weighted by molar-refractivity contribution is -0.123. The predicted octanol–water partition coefficient (Wildman–Crippen LogP) is 0.725. The Bertz CT molecular complexity index is 571. The number of nitrogens with one attached hydrogen (secondary N) is 1. The average molecular weight is 286 g/mol. The van der Waals surface area contributed by atoms with E-state index in [9.17, 15) is 17.6 Å². The van der Waals surface area contributed by atoms with Gasteiger partial charge >= 0.3 is 0 Å². The number of carbonyl (C=O) groups is 1. The summed E-state index contributed by atoms with van der Waals surface area (Å²) in [6, 6.07) is 3.93. The number of nitrogens with zero attached hydrogens (tertiary/aromatic N) is 1. The molecule has 1 fully saturated rings. The Hall–Kier alpha value is -1.47. The van der Waals surface area contributed by atoms with Gasteiger partial charge < -0.3 is 5.32 Å². The summed E-state index contributed by atoms with van der Waals surface area (Å²) in [5.74, 6) is -0.814. The molecule has 19 heavy (non-hydrogen) atoms. The van der Waals surface area contributed by atoms with Crippen molar-refractivity contribution in [3.05, 3.63) is 30.1 Å². The number of halogens is 1. The van der Waals surface area contributed by atoms with E-state index in [4.69, 9.17) is 0 Å². The molecule has 1 aromatic rings. The number of carbonyl (C=O) groups excluding carboxylic acids is 1. The van der Waals surface area contributed by atoms with Crippen molar-refractivity contribution < 1.29 is 17.6 Å². The normalized spacial score (nSPS) is 20.4. The van der Waals surface area contributed by atoms with E-state index in [2.05, 4.69) is 5.32 Å². The molecule has 1 aliphatic rings. The first-order valence-electron chi connectivity index (χ1n) is 5.96. The molecule has 1 aromatic carbocycles. The van der Waals surface area contributed by atoms with Crippen molar-refractivity contribution >= 4 is 15.9 Å². The van der Waals surface area contributed by atoms with Crippen molar-refractivity contribution in [3.8, 4) is 0 Å². The number of hydrogen-bond donors (Lipinski definition) is 1. The van der Waals surface area contributed by atoms with Crippen LogP contribution in [0.25, 0.3) is 0 Å². The molecule has 0 saturated carbocycles. The fraction of sp³-hybridized carbons (Fsp3) is 0.417. The summed E-state index contributed by atoms with van der Waals surface area (Å²) in [6.45, 7) is 0.303. The van der Waals surface area contributed by atoms with Gasteiger partial charge in [-0.25, -0.2) is 12.8 Å². The van der Waals surface area contributed by atoms with E-state index in [0.717, 1.165) is 12.1 Å². The lowest BCUT2D eigenvalue weighted by atomic mass is 10.2. The summed E-state index contributed by atoms with van der Waals surface area (Å²) in [5, 5.41) is 2.46. The van der Waals surface area contributed by atoms with Gasteiger partial charge in [0, 0.05) is 13.6 Å². The number of benzene rings is 1. The van der Waals surface area contributed by atoms with Crippen molar-refractivity contribution in [2.45, 2.75) is 23.8 Å². The largest absolute Gasteiger partial charge is 0.358 e. The van der Waals surface area contributed by atoms with Crippen molar-refractivity contribution in [2.75, 3.05) is 13.6 Å². The summed E-state index contributed by atoms with van der Waals surface area (Å²) in [5.41, 5.74) is 0. The van der Waals surface area contributed by atoms with Crippen molar-refractivity contribution in [2.24, 2.45) is 0 Å². The van der Waals surface area contributed by atoms with Gasteiger partial charge in [-0.3, -0.25) is 4.79 Å². The van der Waals surface area contributed by atoms with Gasteiger partial charge in [-0.1, -0.05) is 0 Å². The van der Waals surface area contributed by atoms with Gasteiger partial charge in [0.15, 0.2) is 0 Å². The van der Waals surface area contributed by atoms with Gasteiger partial charge in [0.2, 0.25) is 15.9 Å². The molecule has 5 nitrogen and oxygen atoms in total. The molecule has 104 valence electrons. The lowest BCUT2D eigenvalue weighted by Gasteiger charge is -2.22. The Balaban J connectivity index is 2.33. The van der Waals surface area contributed by atoms with Crippen LogP contribution in [0, 0.1) is 5.82 Å². The minimum absolute atomic E-state index is 0.00435. The highest BCUT2D eigenvalue weighted by molar-refractivity contribution is 7.89. The van der Waals surface area contributed by atoms with Gasteiger partial charge in [-0.2, -0.15) is 4.31 Å². The SMILES string of the molecule is CNC(=O)[C@H]1CCCN1S(=O)(=O)c1ccc(F)cc1. The van der Waals surface area contributed by atoms with Crippen molar-refractivity contribution in [1.29, 1.82) is 0 Å². The standard InChI is InChI=1S/C12H15FN2O3S/c1-14-12(16)11-3-2-8-15(11)19(17,18)10-6-4-9(13)5-7-10/h4-7,11H,2-3,8H2,1H3,(H,14,16)/t11-/m1/s1. The summed E-state index contributed by atoms with van der Waals surface area (Å²) in [6.07, 6.45) is 1.14. The number of amides is 1. The number of likely N-dealkylation sites (N-methyl/N-ethyl adjacent to an activating group) is 1. The van der Waals surface area contributed by atoms with Gasteiger partial charge in [0.05, 0.1) is 4.90 Å². The summed E-state index contributed by atoms with van der Waals surface area (Å²) in [4.78, 5) is 11.7. The summed E-state index contributed by atoms with van der Waals surface area (Å²) < 4.78 is 38.8. The molecule has 0 aliphatic carbocycles. The molecule has 0 unspecified atom stereocenters. The number of sulfonamides is 1. The van der Waals surface area contributed by atoms with Crippen molar-refractivity contribution in [3.63, 3.8) is 0 Å². The zero-order chi connectivity index (χ0) is 14.0. The van der Waals surface area contributed by atoms with Crippen LogP contribution in [0.5, 0.6) is 0 Å². The first kappa shape index (κ1) is 14.0.